The van der Waals surface area contributed by atoms with E-state index in [2.05, 4.69) is 19.1 Å². The number of hydrogen-bond acceptors (Lipinski definition) is 3. The Morgan fingerprint density at radius 3 is 1.78 bits per heavy atom. The van der Waals surface area contributed by atoms with Crippen LogP contribution in [0.1, 0.15) is 130 Å². The van der Waals surface area contributed by atoms with E-state index in [4.69, 9.17) is 5.73 Å². The van der Waals surface area contributed by atoms with Crippen LogP contribution in [0.4, 0.5) is 4.79 Å². The van der Waals surface area contributed by atoms with Gasteiger partial charge in [0, 0.05) is 6.42 Å². The molecule has 5 nitrogen and oxygen atoms in total. The minimum absolute atomic E-state index is 0. The van der Waals surface area contributed by atoms with Crippen molar-refractivity contribution in [3.63, 3.8) is 0 Å². The van der Waals surface area contributed by atoms with Crippen molar-refractivity contribution in [3.8, 4) is 0 Å². The van der Waals surface area contributed by atoms with Gasteiger partial charge in [0.05, 0.1) is 11.6 Å². The van der Waals surface area contributed by atoms with Gasteiger partial charge in [0.1, 0.15) is 0 Å². The normalized spacial score (nSPS) is 12.5. The first-order valence-electron chi connectivity index (χ1n) is 12.7. The third-order valence-corrected chi connectivity index (χ3v) is 6.08. The highest BCUT2D eigenvalue weighted by atomic mass is 35.5. The van der Waals surface area contributed by atoms with E-state index in [1.54, 1.807) is 13.8 Å². The molecule has 1 atom stereocenters. The molecule has 0 aliphatic heterocycles. The number of nitrogens with zero attached hydrogens (tertiary/aromatic N) is 1. The van der Waals surface area contributed by atoms with Crippen LogP contribution >= 0.6 is 12.4 Å². The maximum atomic E-state index is 12.6. The molecule has 0 heterocycles. The van der Waals surface area contributed by atoms with Gasteiger partial charge in [-0.05, 0) is 52.4 Å². The minimum Gasteiger partial charge on any atom is -0.391 e. The van der Waals surface area contributed by atoms with Gasteiger partial charge in [-0.3, -0.25) is 9.69 Å². The van der Waals surface area contributed by atoms with Crippen molar-refractivity contribution in [2.24, 2.45) is 5.73 Å². The Morgan fingerprint density at radius 1 is 0.844 bits per heavy atom. The SMILES string of the molecule is CCCCCCCC/C=C\CCCCCCCC(=O)N(C(N)=O)C(C)(C)C(O)CCC.Cl. The van der Waals surface area contributed by atoms with Gasteiger partial charge in [-0.15, -0.1) is 12.4 Å². The Hall–Kier alpha value is -1.07. The van der Waals surface area contributed by atoms with Crippen LogP contribution < -0.4 is 5.73 Å². The lowest BCUT2D eigenvalue weighted by molar-refractivity contribution is -0.136. The van der Waals surface area contributed by atoms with E-state index in [0.717, 1.165) is 43.4 Å². The van der Waals surface area contributed by atoms with Crippen LogP contribution in [-0.2, 0) is 4.79 Å². The zero-order valence-corrected chi connectivity index (χ0v) is 22.1. The molecule has 0 bridgehead atoms. The Labute approximate surface area is 204 Å². The van der Waals surface area contributed by atoms with Crippen molar-refractivity contribution in [1.82, 2.24) is 4.90 Å². The summed E-state index contributed by atoms with van der Waals surface area (Å²) in [6, 6.07) is -0.780. The Kier molecular flexibility index (Phi) is 21.2. The number of rotatable bonds is 19. The third kappa shape index (κ3) is 14.9. The van der Waals surface area contributed by atoms with Crippen molar-refractivity contribution in [3.05, 3.63) is 12.2 Å². The smallest absolute Gasteiger partial charge is 0.322 e. The van der Waals surface area contributed by atoms with Crippen LogP contribution in [0.25, 0.3) is 0 Å². The minimum atomic E-state index is -0.985. The summed E-state index contributed by atoms with van der Waals surface area (Å²) >= 11 is 0. The number of carbonyl (C=O) groups is 2. The molecule has 6 heteroatoms. The average Bonchev–Trinajstić information content (AvgIpc) is 2.70. The molecule has 3 amide bonds. The van der Waals surface area contributed by atoms with Gasteiger partial charge in [0.15, 0.2) is 0 Å². The highest BCUT2D eigenvalue weighted by Gasteiger charge is 2.39. The van der Waals surface area contributed by atoms with E-state index in [1.165, 1.54) is 51.4 Å². The second-order valence-electron chi connectivity index (χ2n) is 9.36. The first-order chi connectivity index (χ1) is 14.8. The van der Waals surface area contributed by atoms with Crippen LogP contribution in [0.3, 0.4) is 0 Å². The molecule has 0 aromatic carbocycles. The maximum absolute atomic E-state index is 12.6. The van der Waals surface area contributed by atoms with Gasteiger partial charge >= 0.3 is 6.03 Å². The molecule has 190 valence electrons. The van der Waals surface area contributed by atoms with Gasteiger partial charge in [-0.2, -0.15) is 0 Å². The van der Waals surface area contributed by atoms with Crippen molar-refractivity contribution < 1.29 is 14.7 Å². The second kappa shape index (κ2) is 20.5. The standard InChI is InChI=1S/C26H50N2O3.ClH/c1-5-7-8-9-10-11-12-13-14-15-16-17-18-19-20-22-24(30)28(25(27)31)26(3,4)23(29)21-6-2;/h13-14,23,29H,5-12,15-22H2,1-4H3,(H2,27,31);1H/b14-13-;. The topological polar surface area (TPSA) is 83.6 Å². The molecule has 0 saturated carbocycles. The predicted octanol–water partition coefficient (Wildman–Crippen LogP) is 7.29. The van der Waals surface area contributed by atoms with E-state index in [9.17, 15) is 14.7 Å². The summed E-state index contributed by atoms with van der Waals surface area (Å²) < 4.78 is 0. The molecule has 0 aliphatic rings. The molecule has 0 saturated heterocycles. The zero-order chi connectivity index (χ0) is 23.5. The number of imide groups is 1. The highest BCUT2D eigenvalue weighted by Crippen LogP contribution is 2.24. The molecule has 0 radical (unpaired) electrons. The number of nitrogens with two attached hydrogens (primary N) is 1. The van der Waals surface area contributed by atoms with Crippen LogP contribution in [0.15, 0.2) is 12.2 Å². The molecule has 3 N–H and O–H groups in total. The summed E-state index contributed by atoms with van der Waals surface area (Å²) in [5, 5.41) is 10.3. The summed E-state index contributed by atoms with van der Waals surface area (Å²) in [5.41, 5.74) is 4.48. The molecule has 0 aliphatic carbocycles. The molecule has 0 aromatic rings. The lowest BCUT2D eigenvalue weighted by Gasteiger charge is -2.39. The molecule has 0 aromatic heterocycles. The highest BCUT2D eigenvalue weighted by molar-refractivity contribution is 5.94. The third-order valence-electron chi connectivity index (χ3n) is 6.08. The van der Waals surface area contributed by atoms with Crippen molar-refractivity contribution >= 4 is 24.3 Å². The summed E-state index contributed by atoms with van der Waals surface area (Å²) in [7, 11) is 0. The fourth-order valence-corrected chi connectivity index (χ4v) is 3.96. The number of primary amides is 1. The number of allylic oxidation sites excluding steroid dienone is 2. The molecular weight excluding hydrogens is 424 g/mol. The first kappa shape index (κ1) is 33.1. The van der Waals surface area contributed by atoms with Crippen molar-refractivity contribution in [2.45, 2.75) is 142 Å². The lowest BCUT2D eigenvalue weighted by Crippen LogP contribution is -2.59. The molecule has 0 rings (SSSR count). The van der Waals surface area contributed by atoms with Gasteiger partial charge in [-0.25, -0.2) is 4.79 Å². The maximum Gasteiger partial charge on any atom is 0.322 e. The monoisotopic (exact) mass is 474 g/mol. The summed E-state index contributed by atoms with van der Waals surface area (Å²) in [5.74, 6) is -0.287. The Balaban J connectivity index is 0. The first-order valence-corrected chi connectivity index (χ1v) is 12.7. The number of carbonyl (C=O) groups excluding carboxylic acids is 2. The van der Waals surface area contributed by atoms with Crippen LogP contribution in [0, 0.1) is 0 Å². The van der Waals surface area contributed by atoms with Gasteiger partial charge in [0.2, 0.25) is 5.91 Å². The number of hydrogen-bond donors (Lipinski definition) is 2. The fraction of sp³-hybridized carbons (Fsp3) is 0.846. The van der Waals surface area contributed by atoms with E-state index in [0.29, 0.717) is 12.8 Å². The lowest BCUT2D eigenvalue weighted by atomic mass is 9.91. The zero-order valence-electron chi connectivity index (χ0n) is 21.2. The van der Waals surface area contributed by atoms with E-state index in [1.807, 2.05) is 6.92 Å². The quantitative estimate of drug-likeness (QED) is 0.152. The van der Waals surface area contributed by atoms with E-state index < -0.39 is 17.7 Å². The predicted molar refractivity (Wildman–Crippen MR) is 138 cm³/mol. The van der Waals surface area contributed by atoms with Crippen molar-refractivity contribution in [1.29, 1.82) is 0 Å². The molecule has 1 unspecified atom stereocenters. The largest absolute Gasteiger partial charge is 0.391 e. The fourth-order valence-electron chi connectivity index (χ4n) is 3.96. The van der Waals surface area contributed by atoms with Gasteiger partial charge < -0.3 is 10.8 Å². The molecular formula is C26H51ClN2O3. The number of halogens is 1. The summed E-state index contributed by atoms with van der Waals surface area (Å²) in [6.07, 6.45) is 21.0. The number of urea groups is 1. The average molecular weight is 475 g/mol. The van der Waals surface area contributed by atoms with Gasteiger partial charge in [-0.1, -0.05) is 83.8 Å². The van der Waals surface area contributed by atoms with Crippen LogP contribution in [-0.4, -0.2) is 33.6 Å². The van der Waals surface area contributed by atoms with E-state index in [-0.39, 0.29) is 18.3 Å². The van der Waals surface area contributed by atoms with Gasteiger partial charge in [0.25, 0.3) is 0 Å². The van der Waals surface area contributed by atoms with E-state index >= 15 is 0 Å². The Morgan fingerprint density at radius 2 is 1.31 bits per heavy atom. The molecule has 0 fully saturated rings. The number of amides is 3. The Bertz CT molecular complexity index is 509. The van der Waals surface area contributed by atoms with Crippen molar-refractivity contribution in [2.75, 3.05) is 0 Å². The number of aliphatic hydroxyl groups is 1. The summed E-state index contributed by atoms with van der Waals surface area (Å²) in [6.45, 7) is 7.62. The summed E-state index contributed by atoms with van der Waals surface area (Å²) in [4.78, 5) is 25.5. The second-order valence-corrected chi connectivity index (χ2v) is 9.36. The molecule has 32 heavy (non-hydrogen) atoms. The molecule has 0 spiro atoms. The number of unbranched alkanes of at least 4 members (excludes halogenated alkanes) is 11. The number of aliphatic hydroxyl groups excluding tert-OH is 1. The van der Waals surface area contributed by atoms with Crippen LogP contribution in [0.5, 0.6) is 0 Å². The van der Waals surface area contributed by atoms with Crippen LogP contribution in [0.2, 0.25) is 0 Å².